The molecule has 3 atom stereocenters. The minimum Gasteiger partial charge on any atom is -0.388 e. The van der Waals surface area contributed by atoms with E-state index in [1.807, 2.05) is 20.0 Å². The maximum absolute atomic E-state index is 13.0. The Morgan fingerprint density at radius 3 is 2.43 bits per heavy atom. The summed E-state index contributed by atoms with van der Waals surface area (Å²) in [4.78, 5) is 21.8. The Bertz CT molecular complexity index is 1610. The van der Waals surface area contributed by atoms with Crippen LogP contribution in [0, 0.1) is 18.3 Å². The number of hydrogen-bond acceptors (Lipinski definition) is 7. The number of aromatic amines is 1. The third-order valence-corrected chi connectivity index (χ3v) is 9.15. The van der Waals surface area contributed by atoms with Crippen LogP contribution in [0.15, 0.2) is 55.3 Å². The van der Waals surface area contributed by atoms with Gasteiger partial charge in [0.15, 0.2) is 5.82 Å². The molecule has 0 bridgehead atoms. The molecule has 5 rings (SSSR count). The predicted octanol–water partition coefficient (Wildman–Crippen LogP) is 4.31. The van der Waals surface area contributed by atoms with E-state index in [9.17, 15) is 10.1 Å². The maximum atomic E-state index is 13.0. The molecule has 1 amide bonds. The number of aryl methyl sites for hydroxylation is 3. The van der Waals surface area contributed by atoms with Crippen molar-refractivity contribution in [3.8, 4) is 6.07 Å². The molecular weight excluding hydrogens is 548 g/mol. The van der Waals surface area contributed by atoms with E-state index >= 15 is 0 Å². The van der Waals surface area contributed by atoms with Crippen LogP contribution in [0.2, 0.25) is 0 Å². The molecule has 2 aromatic carbocycles. The Morgan fingerprint density at radius 2 is 1.84 bits per heavy atom. The fourth-order valence-electron chi connectivity index (χ4n) is 6.86. The monoisotopic (exact) mass is 592 g/mol. The lowest BCUT2D eigenvalue weighted by Gasteiger charge is -2.37. The van der Waals surface area contributed by atoms with Gasteiger partial charge in [-0.2, -0.15) is 10.4 Å². The van der Waals surface area contributed by atoms with Gasteiger partial charge in [0.1, 0.15) is 11.9 Å². The molecule has 1 fully saturated rings. The highest BCUT2D eigenvalue weighted by molar-refractivity contribution is 5.94. The number of amides is 1. The number of hydrogen-bond donors (Lipinski definition) is 3. The number of aromatic nitrogens is 3. The fraction of sp³-hybridized carbons (Fsp3) is 0.429. The second kappa shape index (κ2) is 12.7. The zero-order chi connectivity index (χ0) is 31.6. The first-order chi connectivity index (χ1) is 21.1. The lowest BCUT2D eigenvalue weighted by atomic mass is 9.67. The van der Waals surface area contributed by atoms with E-state index in [1.54, 1.807) is 19.0 Å². The van der Waals surface area contributed by atoms with Gasteiger partial charge in [0.2, 0.25) is 0 Å². The normalized spacial score (nSPS) is 19.7. The van der Waals surface area contributed by atoms with E-state index in [-0.39, 0.29) is 18.0 Å². The molecule has 9 heteroatoms. The third-order valence-electron chi connectivity index (χ3n) is 9.15. The minimum atomic E-state index is -0.693. The quantitative estimate of drug-likeness (QED) is 0.322. The first-order valence-corrected chi connectivity index (χ1v) is 15.4. The fourth-order valence-corrected chi connectivity index (χ4v) is 6.86. The van der Waals surface area contributed by atoms with Crippen molar-refractivity contribution in [3.63, 3.8) is 0 Å². The van der Waals surface area contributed by atoms with Crippen LogP contribution in [0.4, 0.5) is 0 Å². The molecule has 3 N–H and O–H groups in total. The molecule has 1 aromatic heterocycles. The standard InChI is InChI=1S/C35H44N8O/c1-22(38-21-23(2)43-16-8-9-30(43)20-36)19-35(34-39-25(4)40-41-34)31-14-12-26(24(3)37-5)17-27(31)10-11-28-18-29(13-15-32(28)35)33(44)42(6)7/h12-15,17-18,22,30,37-38H,2-3,8-11,16,19,21H2,1,4-7H3,(H,39,40,41)/t22-,30?,35?/m1/s1. The summed E-state index contributed by atoms with van der Waals surface area (Å²) < 4.78 is 0. The van der Waals surface area contributed by atoms with Gasteiger partial charge < -0.3 is 20.4 Å². The van der Waals surface area contributed by atoms with Gasteiger partial charge in [0, 0.05) is 57.2 Å². The number of carbonyl (C=O) groups is 1. The van der Waals surface area contributed by atoms with Gasteiger partial charge in [-0.1, -0.05) is 31.4 Å². The molecule has 2 unspecified atom stereocenters. The van der Waals surface area contributed by atoms with Crippen molar-refractivity contribution < 1.29 is 4.79 Å². The number of nitrogens with one attached hydrogen (secondary N) is 3. The molecule has 1 aliphatic carbocycles. The van der Waals surface area contributed by atoms with Crippen LogP contribution in [0.5, 0.6) is 0 Å². The Hall–Kier alpha value is -4.42. The van der Waals surface area contributed by atoms with E-state index in [1.165, 1.54) is 5.56 Å². The van der Waals surface area contributed by atoms with E-state index in [0.717, 1.165) is 71.7 Å². The molecule has 0 saturated carbocycles. The van der Waals surface area contributed by atoms with Gasteiger partial charge in [0.05, 0.1) is 11.5 Å². The van der Waals surface area contributed by atoms with Crippen molar-refractivity contribution >= 4 is 11.6 Å². The van der Waals surface area contributed by atoms with Gasteiger partial charge in [-0.3, -0.25) is 9.89 Å². The summed E-state index contributed by atoms with van der Waals surface area (Å²) in [6.45, 7) is 14.1. The van der Waals surface area contributed by atoms with E-state index < -0.39 is 5.41 Å². The Labute approximate surface area is 261 Å². The number of carbonyl (C=O) groups excluding carboxylic acids is 1. The SMILES string of the molecule is C=C(NC)c1ccc2c(c1)CCc1cc(C(=O)N(C)C)ccc1C2(C[C@@H](C)NCC(=C)N1CCCC1C#N)c1n[nH]c(C)n1. The number of nitrogens with zero attached hydrogens (tertiary/aromatic N) is 5. The first-order valence-electron chi connectivity index (χ1n) is 15.4. The minimum absolute atomic E-state index is 0.0207. The van der Waals surface area contributed by atoms with E-state index in [4.69, 9.17) is 10.1 Å². The van der Waals surface area contributed by atoms with Gasteiger partial charge in [-0.05, 0) is 92.0 Å². The van der Waals surface area contributed by atoms with Crippen molar-refractivity contribution in [1.82, 2.24) is 35.6 Å². The van der Waals surface area contributed by atoms with Gasteiger partial charge in [0.25, 0.3) is 5.91 Å². The zero-order valence-corrected chi connectivity index (χ0v) is 26.6. The molecule has 0 radical (unpaired) electrons. The summed E-state index contributed by atoms with van der Waals surface area (Å²) in [7, 11) is 5.45. The molecule has 2 heterocycles. The highest BCUT2D eigenvalue weighted by Crippen LogP contribution is 2.47. The largest absolute Gasteiger partial charge is 0.388 e. The van der Waals surface area contributed by atoms with Crippen molar-refractivity contribution in [1.29, 1.82) is 5.26 Å². The van der Waals surface area contributed by atoms with Gasteiger partial charge in [-0.25, -0.2) is 4.98 Å². The van der Waals surface area contributed by atoms with Gasteiger partial charge >= 0.3 is 0 Å². The van der Waals surface area contributed by atoms with Crippen LogP contribution in [0.3, 0.4) is 0 Å². The Morgan fingerprint density at radius 1 is 1.18 bits per heavy atom. The lowest BCUT2D eigenvalue weighted by Crippen LogP contribution is -2.42. The molecule has 0 spiro atoms. The van der Waals surface area contributed by atoms with E-state index in [2.05, 4.69) is 77.1 Å². The summed E-state index contributed by atoms with van der Waals surface area (Å²) >= 11 is 0. The highest BCUT2D eigenvalue weighted by atomic mass is 16.2. The van der Waals surface area contributed by atoms with Crippen molar-refractivity contribution in [2.75, 3.05) is 34.2 Å². The second-order valence-electron chi connectivity index (χ2n) is 12.4. The molecule has 44 heavy (non-hydrogen) atoms. The number of benzene rings is 2. The predicted molar refractivity (Wildman–Crippen MR) is 174 cm³/mol. The zero-order valence-electron chi connectivity index (χ0n) is 26.6. The van der Waals surface area contributed by atoms with Crippen molar-refractivity contribution in [2.45, 2.75) is 63.5 Å². The number of H-pyrrole nitrogens is 1. The number of fused-ring (bicyclic) bond motifs is 2. The summed E-state index contributed by atoms with van der Waals surface area (Å²) in [5, 5.41) is 24.4. The lowest BCUT2D eigenvalue weighted by molar-refractivity contribution is 0.0827. The average Bonchev–Trinajstić information content (AvgIpc) is 3.67. The number of likely N-dealkylation sites (tertiary alicyclic amines) is 1. The summed E-state index contributed by atoms with van der Waals surface area (Å²) in [5.74, 6) is 1.44. The van der Waals surface area contributed by atoms with Crippen LogP contribution in [-0.2, 0) is 18.3 Å². The first kappa shape index (κ1) is 31.0. The summed E-state index contributed by atoms with van der Waals surface area (Å²) in [5.41, 5.74) is 7.42. The molecule has 2 aliphatic rings. The van der Waals surface area contributed by atoms with Crippen LogP contribution in [0.1, 0.15) is 76.0 Å². The Kier molecular flexibility index (Phi) is 8.93. The van der Waals surface area contributed by atoms with E-state index in [0.29, 0.717) is 24.4 Å². The molecule has 9 nitrogen and oxygen atoms in total. The van der Waals surface area contributed by atoms with Crippen LogP contribution in [0.25, 0.3) is 5.70 Å². The summed E-state index contributed by atoms with van der Waals surface area (Å²) in [6.07, 6.45) is 4.15. The topological polar surface area (TPSA) is 113 Å². The Balaban J connectivity index is 1.62. The third kappa shape index (κ3) is 5.74. The second-order valence-corrected chi connectivity index (χ2v) is 12.4. The molecule has 230 valence electrons. The summed E-state index contributed by atoms with van der Waals surface area (Å²) in [6, 6.07) is 15.0. The highest BCUT2D eigenvalue weighted by Gasteiger charge is 2.45. The van der Waals surface area contributed by atoms with Crippen molar-refractivity contribution in [2.24, 2.45) is 0 Å². The molecule has 1 saturated heterocycles. The van der Waals surface area contributed by atoms with Crippen LogP contribution < -0.4 is 10.6 Å². The van der Waals surface area contributed by atoms with Crippen LogP contribution >= 0.6 is 0 Å². The molecular formula is C35H44N8O. The van der Waals surface area contributed by atoms with Crippen molar-refractivity contribution in [3.05, 3.63) is 100 Å². The smallest absolute Gasteiger partial charge is 0.253 e. The number of nitriles is 1. The maximum Gasteiger partial charge on any atom is 0.253 e. The van der Waals surface area contributed by atoms with Gasteiger partial charge in [-0.15, -0.1) is 0 Å². The molecule has 1 aliphatic heterocycles. The number of rotatable bonds is 10. The average molecular weight is 593 g/mol. The molecule has 3 aromatic rings. The van der Waals surface area contributed by atoms with Crippen LogP contribution in [-0.4, -0.2) is 77.2 Å².